The molecule has 8 nitrogen and oxygen atoms in total. The molecule has 3 heterocycles. The fourth-order valence-corrected chi connectivity index (χ4v) is 2.82. The van der Waals surface area contributed by atoms with Gasteiger partial charge in [0.05, 0.1) is 25.7 Å². The Hall–Kier alpha value is -2.76. The van der Waals surface area contributed by atoms with Crippen LogP contribution in [-0.4, -0.2) is 56.8 Å². The predicted molar refractivity (Wildman–Crippen MR) is 83.3 cm³/mol. The maximum absolute atomic E-state index is 10.9. The lowest BCUT2D eigenvalue weighted by molar-refractivity contribution is -0.138. The number of carbonyl (C=O) groups is 1. The van der Waals surface area contributed by atoms with Crippen molar-refractivity contribution in [2.75, 3.05) is 26.3 Å². The lowest BCUT2D eigenvalue weighted by Gasteiger charge is -2.42. The molecule has 0 saturated carbocycles. The summed E-state index contributed by atoms with van der Waals surface area (Å²) in [6.45, 7) is 1.46. The maximum Gasteiger partial charge on any atom is 0.304 e. The summed E-state index contributed by atoms with van der Waals surface area (Å²) in [6.07, 6.45) is 6.70. The molecule has 8 heteroatoms. The van der Waals surface area contributed by atoms with E-state index in [0.717, 1.165) is 0 Å². The molecule has 24 heavy (non-hydrogen) atoms. The first kappa shape index (κ1) is 16.1. The van der Waals surface area contributed by atoms with Crippen LogP contribution in [0.4, 0.5) is 0 Å². The first-order valence-corrected chi connectivity index (χ1v) is 7.56. The number of ether oxygens (including phenoxy) is 1. The Kier molecular flexibility index (Phi) is 4.55. The van der Waals surface area contributed by atoms with E-state index in [1.54, 1.807) is 35.6 Å². The summed E-state index contributed by atoms with van der Waals surface area (Å²) in [6, 6.07) is 5.94. The van der Waals surface area contributed by atoms with Crippen LogP contribution in [0.25, 0.3) is 5.82 Å². The monoisotopic (exact) mass is 327 g/mol. The summed E-state index contributed by atoms with van der Waals surface area (Å²) in [5.41, 5.74) is -0.326. The van der Waals surface area contributed by atoms with E-state index in [0.29, 0.717) is 24.5 Å². The van der Waals surface area contributed by atoms with Crippen molar-refractivity contribution in [1.29, 1.82) is 5.26 Å². The number of morpholine rings is 1. The molecule has 0 bridgehead atoms. The van der Waals surface area contributed by atoms with Gasteiger partial charge in [-0.2, -0.15) is 5.26 Å². The number of nitriles is 1. The molecule has 1 aliphatic heterocycles. The standard InChI is InChI=1S/C16H17N5O3/c17-10-16(11-24-8-7-21(16)5-3-15(22)23)13-1-2-14(19-9-13)20-6-4-18-12-20/h1-2,4,6,9,12H,3,5,7-8,11H2,(H,22,23). The number of aliphatic carboxylic acids is 1. The molecule has 1 saturated heterocycles. The van der Waals surface area contributed by atoms with Gasteiger partial charge in [0.1, 0.15) is 12.1 Å². The van der Waals surface area contributed by atoms with Crippen molar-refractivity contribution in [3.8, 4) is 11.9 Å². The van der Waals surface area contributed by atoms with Crippen LogP contribution >= 0.6 is 0 Å². The van der Waals surface area contributed by atoms with E-state index in [1.165, 1.54) is 0 Å². The van der Waals surface area contributed by atoms with Crippen molar-refractivity contribution in [1.82, 2.24) is 19.4 Å². The number of hydrogen-bond donors (Lipinski definition) is 1. The average Bonchev–Trinajstić information content (AvgIpc) is 3.15. The molecule has 0 aliphatic carbocycles. The van der Waals surface area contributed by atoms with Crippen LogP contribution in [0.3, 0.4) is 0 Å². The summed E-state index contributed by atoms with van der Waals surface area (Å²) < 4.78 is 7.28. The zero-order chi connectivity index (χ0) is 17.0. The van der Waals surface area contributed by atoms with Crippen LogP contribution in [0.15, 0.2) is 37.1 Å². The van der Waals surface area contributed by atoms with Crippen molar-refractivity contribution in [2.24, 2.45) is 0 Å². The summed E-state index contributed by atoms with van der Waals surface area (Å²) in [7, 11) is 0. The highest BCUT2D eigenvalue weighted by molar-refractivity contribution is 5.66. The number of pyridine rings is 1. The van der Waals surface area contributed by atoms with Crippen LogP contribution < -0.4 is 0 Å². The molecule has 124 valence electrons. The molecule has 1 N–H and O–H groups in total. The van der Waals surface area contributed by atoms with E-state index < -0.39 is 11.5 Å². The predicted octanol–water partition coefficient (Wildman–Crippen LogP) is 0.793. The van der Waals surface area contributed by atoms with Gasteiger partial charge in [-0.15, -0.1) is 0 Å². The fourth-order valence-electron chi connectivity index (χ4n) is 2.82. The average molecular weight is 327 g/mol. The Morgan fingerprint density at radius 3 is 3.00 bits per heavy atom. The van der Waals surface area contributed by atoms with Gasteiger partial charge in [-0.25, -0.2) is 9.97 Å². The van der Waals surface area contributed by atoms with E-state index in [4.69, 9.17) is 9.84 Å². The van der Waals surface area contributed by atoms with E-state index in [2.05, 4.69) is 16.0 Å². The number of aromatic nitrogens is 3. The van der Waals surface area contributed by atoms with Gasteiger partial charge < -0.3 is 9.84 Å². The van der Waals surface area contributed by atoms with Gasteiger partial charge in [0.15, 0.2) is 5.54 Å². The third kappa shape index (κ3) is 2.99. The van der Waals surface area contributed by atoms with Gasteiger partial charge in [-0.3, -0.25) is 14.3 Å². The Balaban J connectivity index is 1.90. The van der Waals surface area contributed by atoms with Gasteiger partial charge in [-0.1, -0.05) is 6.07 Å². The quantitative estimate of drug-likeness (QED) is 0.865. The van der Waals surface area contributed by atoms with Gasteiger partial charge in [0.2, 0.25) is 0 Å². The normalized spacial score (nSPS) is 21.3. The molecule has 0 aromatic carbocycles. The molecule has 1 aliphatic rings. The summed E-state index contributed by atoms with van der Waals surface area (Å²) in [5.74, 6) is -0.194. The van der Waals surface area contributed by atoms with Crippen LogP contribution in [0.2, 0.25) is 0 Å². The topological polar surface area (TPSA) is 104 Å². The first-order valence-electron chi connectivity index (χ1n) is 7.56. The molecule has 1 fully saturated rings. The largest absolute Gasteiger partial charge is 0.481 e. The minimum absolute atomic E-state index is 0.0238. The highest BCUT2D eigenvalue weighted by Crippen LogP contribution is 2.31. The van der Waals surface area contributed by atoms with Crippen LogP contribution in [0, 0.1) is 11.3 Å². The second-order valence-electron chi connectivity index (χ2n) is 5.53. The van der Waals surface area contributed by atoms with Crippen LogP contribution in [0.1, 0.15) is 12.0 Å². The van der Waals surface area contributed by atoms with Crippen molar-refractivity contribution < 1.29 is 14.6 Å². The molecule has 2 aromatic heterocycles. The second kappa shape index (κ2) is 6.78. The zero-order valence-corrected chi connectivity index (χ0v) is 13.0. The number of imidazole rings is 1. The third-order valence-electron chi connectivity index (χ3n) is 4.13. The smallest absolute Gasteiger partial charge is 0.304 e. The Bertz CT molecular complexity index is 738. The molecule has 0 radical (unpaired) electrons. The molecule has 3 rings (SSSR count). The second-order valence-corrected chi connectivity index (χ2v) is 5.53. The molecule has 1 unspecified atom stereocenters. The molecular weight excluding hydrogens is 310 g/mol. The van der Waals surface area contributed by atoms with Crippen LogP contribution in [-0.2, 0) is 15.1 Å². The van der Waals surface area contributed by atoms with Crippen LogP contribution in [0.5, 0.6) is 0 Å². The summed E-state index contributed by atoms with van der Waals surface area (Å²) >= 11 is 0. The molecule has 0 amide bonds. The minimum atomic E-state index is -1.02. The van der Waals surface area contributed by atoms with Crippen molar-refractivity contribution >= 4 is 5.97 Å². The lowest BCUT2D eigenvalue weighted by Crippen LogP contribution is -2.54. The van der Waals surface area contributed by atoms with Crippen molar-refractivity contribution in [3.63, 3.8) is 0 Å². The number of nitrogens with zero attached hydrogens (tertiary/aromatic N) is 5. The van der Waals surface area contributed by atoms with E-state index in [9.17, 15) is 10.1 Å². The summed E-state index contributed by atoms with van der Waals surface area (Å²) in [5, 5.41) is 18.8. The number of carboxylic acids is 1. The van der Waals surface area contributed by atoms with E-state index >= 15 is 0 Å². The SMILES string of the molecule is N#CC1(c2ccc(-n3ccnc3)nc2)COCCN1CCC(=O)O. The number of carboxylic acid groups (broad SMARTS) is 1. The van der Waals surface area contributed by atoms with E-state index in [1.807, 2.05) is 11.0 Å². The Morgan fingerprint density at radius 1 is 1.50 bits per heavy atom. The molecule has 2 aromatic rings. The van der Waals surface area contributed by atoms with E-state index in [-0.39, 0.29) is 19.6 Å². The number of hydrogen-bond acceptors (Lipinski definition) is 6. The molecule has 0 spiro atoms. The highest BCUT2D eigenvalue weighted by atomic mass is 16.5. The third-order valence-corrected chi connectivity index (χ3v) is 4.13. The molecule has 1 atom stereocenters. The van der Waals surface area contributed by atoms with Gasteiger partial charge in [0.25, 0.3) is 0 Å². The summed E-state index contributed by atoms with van der Waals surface area (Å²) in [4.78, 5) is 21.1. The van der Waals surface area contributed by atoms with Gasteiger partial charge in [-0.05, 0) is 6.07 Å². The number of rotatable bonds is 5. The fraction of sp³-hybridized carbons (Fsp3) is 0.375. The van der Waals surface area contributed by atoms with Crippen molar-refractivity contribution in [2.45, 2.75) is 12.0 Å². The Morgan fingerprint density at radius 2 is 2.38 bits per heavy atom. The first-order chi connectivity index (χ1) is 11.7. The highest BCUT2D eigenvalue weighted by Gasteiger charge is 2.42. The van der Waals surface area contributed by atoms with Gasteiger partial charge in [0, 0.05) is 37.2 Å². The maximum atomic E-state index is 10.9. The lowest BCUT2D eigenvalue weighted by atomic mass is 9.90. The minimum Gasteiger partial charge on any atom is -0.481 e. The van der Waals surface area contributed by atoms with Crippen molar-refractivity contribution in [3.05, 3.63) is 42.6 Å². The van der Waals surface area contributed by atoms with Gasteiger partial charge >= 0.3 is 5.97 Å². The zero-order valence-electron chi connectivity index (χ0n) is 13.0. The molecular formula is C16H17N5O3. The Labute approximate surface area is 138 Å².